The normalized spacial score (nSPS) is 22.9. The molecule has 20 heavy (non-hydrogen) atoms. The van der Waals surface area contributed by atoms with Gasteiger partial charge in [0, 0.05) is 17.0 Å². The highest BCUT2D eigenvalue weighted by molar-refractivity contribution is 7.11. The van der Waals surface area contributed by atoms with E-state index in [2.05, 4.69) is 43.2 Å². The van der Waals surface area contributed by atoms with Crippen molar-refractivity contribution in [1.82, 2.24) is 10.3 Å². The smallest absolute Gasteiger partial charge is 0.117 e. The van der Waals surface area contributed by atoms with Gasteiger partial charge in [-0.05, 0) is 37.8 Å². The average molecular weight is 290 g/mol. The summed E-state index contributed by atoms with van der Waals surface area (Å²) in [5, 5.41) is 4.65. The number of aryl methyl sites for hydroxylation is 1. The van der Waals surface area contributed by atoms with E-state index in [-0.39, 0.29) is 6.04 Å². The van der Waals surface area contributed by atoms with Crippen LogP contribution < -0.4 is 5.32 Å². The number of thiazole rings is 1. The van der Waals surface area contributed by atoms with Crippen LogP contribution in [0.2, 0.25) is 0 Å². The van der Waals surface area contributed by atoms with Gasteiger partial charge in [0.15, 0.2) is 0 Å². The second-order valence-electron chi connectivity index (χ2n) is 5.74. The average Bonchev–Trinajstić information content (AvgIpc) is 2.90. The van der Waals surface area contributed by atoms with Crippen molar-refractivity contribution in [3.05, 3.63) is 39.7 Å². The van der Waals surface area contributed by atoms with Crippen molar-refractivity contribution in [3.8, 4) is 0 Å². The maximum Gasteiger partial charge on any atom is 0.117 e. The zero-order chi connectivity index (χ0) is 14.1. The van der Waals surface area contributed by atoms with E-state index in [0.29, 0.717) is 5.92 Å². The summed E-state index contributed by atoms with van der Waals surface area (Å²) in [4.78, 5) is 5.82. The minimum Gasteiger partial charge on any atom is -0.464 e. The lowest BCUT2D eigenvalue weighted by molar-refractivity contribution is 0.430. The Bertz CT molecular complexity index is 575. The topological polar surface area (TPSA) is 38.1 Å². The van der Waals surface area contributed by atoms with Crippen LogP contribution in [-0.2, 0) is 13.0 Å². The van der Waals surface area contributed by atoms with E-state index < -0.39 is 0 Å². The van der Waals surface area contributed by atoms with Crippen LogP contribution in [0, 0.1) is 5.92 Å². The molecule has 0 amide bonds. The van der Waals surface area contributed by atoms with E-state index in [9.17, 15) is 0 Å². The first kappa shape index (κ1) is 13.8. The Morgan fingerprint density at radius 1 is 1.50 bits per heavy atom. The van der Waals surface area contributed by atoms with Gasteiger partial charge in [0.05, 0.1) is 12.6 Å². The number of furan rings is 1. The van der Waals surface area contributed by atoms with Crippen molar-refractivity contribution < 1.29 is 4.42 Å². The lowest BCUT2D eigenvalue weighted by atomic mass is 10.3. The maximum atomic E-state index is 5.91. The minimum atomic E-state index is 0.272. The van der Waals surface area contributed by atoms with Gasteiger partial charge < -0.3 is 9.73 Å². The molecule has 3 nitrogen and oxygen atoms in total. The molecule has 0 aliphatic heterocycles. The quantitative estimate of drug-likeness (QED) is 0.863. The Labute approximate surface area is 124 Å². The Morgan fingerprint density at radius 2 is 2.30 bits per heavy atom. The van der Waals surface area contributed by atoms with Crippen LogP contribution in [0.15, 0.2) is 22.7 Å². The third-order valence-electron chi connectivity index (χ3n) is 4.03. The van der Waals surface area contributed by atoms with E-state index in [1.165, 1.54) is 11.3 Å². The summed E-state index contributed by atoms with van der Waals surface area (Å²) in [7, 11) is 0. The largest absolute Gasteiger partial charge is 0.464 e. The minimum absolute atomic E-state index is 0.272. The summed E-state index contributed by atoms with van der Waals surface area (Å²) in [6, 6.07) is 4.50. The highest BCUT2D eigenvalue weighted by Gasteiger charge is 2.36. The predicted octanol–water partition coefficient (Wildman–Crippen LogP) is 4.27. The molecule has 108 valence electrons. The van der Waals surface area contributed by atoms with E-state index in [4.69, 9.17) is 4.42 Å². The van der Waals surface area contributed by atoms with Crippen LogP contribution in [0.5, 0.6) is 0 Å². The molecule has 1 aliphatic rings. The molecular weight excluding hydrogens is 268 g/mol. The predicted molar refractivity (Wildman–Crippen MR) is 82.0 cm³/mol. The zero-order valence-electron chi connectivity index (χ0n) is 12.3. The summed E-state index contributed by atoms with van der Waals surface area (Å²) < 4.78 is 5.91. The monoisotopic (exact) mass is 290 g/mol. The SMILES string of the molecule is CCc1cnc(C(C)NCc2ccc(C3CC3C)o2)s1. The molecule has 0 bridgehead atoms. The second kappa shape index (κ2) is 5.70. The van der Waals surface area contributed by atoms with E-state index in [0.717, 1.165) is 35.4 Å². The van der Waals surface area contributed by atoms with Crippen molar-refractivity contribution in [2.45, 2.75) is 52.1 Å². The van der Waals surface area contributed by atoms with Gasteiger partial charge in [-0.1, -0.05) is 13.8 Å². The number of rotatable bonds is 6. The molecule has 1 aliphatic carbocycles. The summed E-state index contributed by atoms with van der Waals surface area (Å²) in [6.45, 7) is 7.37. The standard InChI is InChI=1S/C16H22N2OS/c1-4-13-9-18-16(20-13)11(3)17-8-12-5-6-15(19-12)14-7-10(14)2/h5-6,9-11,14,17H,4,7-8H2,1-3H3. The number of nitrogens with zero attached hydrogens (tertiary/aromatic N) is 1. The van der Waals surface area contributed by atoms with Gasteiger partial charge in [0.2, 0.25) is 0 Å². The molecule has 0 radical (unpaired) electrons. The van der Waals surface area contributed by atoms with Crippen LogP contribution in [-0.4, -0.2) is 4.98 Å². The Balaban J connectivity index is 1.54. The van der Waals surface area contributed by atoms with Crippen molar-refractivity contribution in [1.29, 1.82) is 0 Å². The molecule has 1 saturated carbocycles. The molecule has 0 spiro atoms. The Hall–Kier alpha value is -1.13. The Morgan fingerprint density at radius 3 is 2.95 bits per heavy atom. The van der Waals surface area contributed by atoms with Crippen LogP contribution in [0.1, 0.15) is 60.6 Å². The van der Waals surface area contributed by atoms with Crippen LogP contribution in [0.3, 0.4) is 0 Å². The highest BCUT2D eigenvalue weighted by atomic mass is 32.1. The first-order valence-electron chi connectivity index (χ1n) is 7.44. The molecule has 3 atom stereocenters. The third-order valence-corrected chi connectivity index (χ3v) is 5.35. The fraction of sp³-hybridized carbons (Fsp3) is 0.562. The van der Waals surface area contributed by atoms with Crippen LogP contribution >= 0.6 is 11.3 Å². The van der Waals surface area contributed by atoms with Crippen molar-refractivity contribution >= 4 is 11.3 Å². The zero-order valence-corrected chi connectivity index (χ0v) is 13.2. The lowest BCUT2D eigenvalue weighted by Gasteiger charge is -2.09. The fourth-order valence-electron chi connectivity index (χ4n) is 2.43. The van der Waals surface area contributed by atoms with Crippen LogP contribution in [0.4, 0.5) is 0 Å². The number of hydrogen-bond donors (Lipinski definition) is 1. The highest BCUT2D eigenvalue weighted by Crippen LogP contribution is 2.47. The van der Waals surface area contributed by atoms with E-state index in [1.54, 1.807) is 11.3 Å². The van der Waals surface area contributed by atoms with E-state index in [1.807, 2.05) is 6.20 Å². The van der Waals surface area contributed by atoms with Gasteiger partial charge in [-0.2, -0.15) is 0 Å². The summed E-state index contributed by atoms with van der Waals surface area (Å²) >= 11 is 1.79. The molecule has 0 aromatic carbocycles. The lowest BCUT2D eigenvalue weighted by Crippen LogP contribution is -2.17. The Kier molecular flexibility index (Phi) is 3.94. The molecular formula is C16H22N2OS. The summed E-state index contributed by atoms with van der Waals surface area (Å²) in [6.07, 6.45) is 4.32. The van der Waals surface area contributed by atoms with Gasteiger partial charge in [-0.15, -0.1) is 11.3 Å². The summed E-state index contributed by atoms with van der Waals surface area (Å²) in [5.74, 6) is 3.64. The van der Waals surface area contributed by atoms with Gasteiger partial charge in [-0.3, -0.25) is 0 Å². The maximum absolute atomic E-state index is 5.91. The van der Waals surface area contributed by atoms with Crippen molar-refractivity contribution in [3.63, 3.8) is 0 Å². The molecule has 2 aromatic rings. The van der Waals surface area contributed by atoms with E-state index >= 15 is 0 Å². The second-order valence-corrected chi connectivity index (χ2v) is 6.89. The van der Waals surface area contributed by atoms with Crippen molar-refractivity contribution in [2.24, 2.45) is 5.92 Å². The fourth-order valence-corrected chi connectivity index (χ4v) is 3.32. The molecule has 3 rings (SSSR count). The number of hydrogen-bond acceptors (Lipinski definition) is 4. The molecule has 4 heteroatoms. The number of nitrogens with one attached hydrogen (secondary N) is 1. The molecule has 0 saturated heterocycles. The summed E-state index contributed by atoms with van der Waals surface area (Å²) in [5.41, 5.74) is 0. The first-order valence-corrected chi connectivity index (χ1v) is 8.25. The molecule has 2 heterocycles. The molecule has 1 N–H and O–H groups in total. The third kappa shape index (κ3) is 2.96. The molecule has 3 unspecified atom stereocenters. The molecule has 1 fully saturated rings. The first-order chi connectivity index (χ1) is 9.67. The van der Waals surface area contributed by atoms with Gasteiger partial charge in [0.25, 0.3) is 0 Å². The van der Waals surface area contributed by atoms with Gasteiger partial charge in [-0.25, -0.2) is 4.98 Å². The number of aromatic nitrogens is 1. The van der Waals surface area contributed by atoms with Crippen LogP contribution in [0.25, 0.3) is 0 Å². The van der Waals surface area contributed by atoms with Gasteiger partial charge in [0.1, 0.15) is 16.5 Å². The van der Waals surface area contributed by atoms with Crippen molar-refractivity contribution in [2.75, 3.05) is 0 Å². The van der Waals surface area contributed by atoms with Gasteiger partial charge >= 0.3 is 0 Å². The molecule has 2 aromatic heterocycles.